The van der Waals surface area contributed by atoms with Gasteiger partial charge in [-0.2, -0.15) is 0 Å². The summed E-state index contributed by atoms with van der Waals surface area (Å²) in [5, 5.41) is 19.5. The minimum absolute atomic E-state index is 0.200. The van der Waals surface area contributed by atoms with Crippen molar-refractivity contribution in [1.82, 2.24) is 0 Å². The fraction of sp³-hybridized carbons (Fsp3) is 0.818. The molecule has 1 aliphatic rings. The number of hydrogen-bond acceptors (Lipinski definition) is 7. The lowest BCUT2D eigenvalue weighted by Gasteiger charge is -2.40. The molecule has 0 amide bonds. The molecule has 104 valence electrons. The van der Waals surface area contributed by atoms with Crippen LogP contribution in [-0.4, -0.2) is 53.4 Å². The summed E-state index contributed by atoms with van der Waals surface area (Å²) in [6.45, 7) is 3.78. The van der Waals surface area contributed by atoms with Crippen molar-refractivity contribution in [1.29, 1.82) is 0 Å². The zero-order valence-electron chi connectivity index (χ0n) is 10.5. The number of carbonyl (C=O) groups is 2. The Bertz CT molecular complexity index is 317. The molecule has 0 spiro atoms. The van der Waals surface area contributed by atoms with E-state index in [0.717, 1.165) is 0 Å². The Morgan fingerprint density at radius 3 is 2.33 bits per heavy atom. The van der Waals surface area contributed by atoms with Gasteiger partial charge < -0.3 is 24.4 Å². The predicted octanol–water partition coefficient (Wildman–Crippen LogP) is -0.805. The van der Waals surface area contributed by atoms with Crippen molar-refractivity contribution in [2.24, 2.45) is 5.92 Å². The SMILES string of the molecule is CC(=O)OCC1OC(O)C(C)C(O)C1OC(C)=O. The zero-order valence-corrected chi connectivity index (χ0v) is 10.5. The summed E-state index contributed by atoms with van der Waals surface area (Å²) in [5.41, 5.74) is 0. The van der Waals surface area contributed by atoms with Gasteiger partial charge in [0.15, 0.2) is 12.4 Å². The second-order valence-electron chi connectivity index (χ2n) is 4.29. The molecule has 0 aromatic carbocycles. The lowest BCUT2D eigenvalue weighted by Crippen LogP contribution is -2.56. The Kier molecular flexibility index (Phi) is 5.06. The lowest BCUT2D eigenvalue weighted by atomic mass is 9.92. The molecule has 18 heavy (non-hydrogen) atoms. The standard InChI is InChI=1S/C11H18O7/c1-5-9(14)10(17-7(3)13)8(18-11(5)15)4-16-6(2)12/h5,8-11,14-15H,4H2,1-3H3. The number of carbonyl (C=O) groups excluding carboxylic acids is 2. The molecule has 7 heteroatoms. The summed E-state index contributed by atoms with van der Waals surface area (Å²) >= 11 is 0. The summed E-state index contributed by atoms with van der Waals surface area (Å²) in [4.78, 5) is 21.7. The second kappa shape index (κ2) is 6.12. The highest BCUT2D eigenvalue weighted by Gasteiger charge is 2.44. The Morgan fingerprint density at radius 2 is 1.83 bits per heavy atom. The van der Waals surface area contributed by atoms with Crippen LogP contribution < -0.4 is 0 Å². The third-order valence-corrected chi connectivity index (χ3v) is 2.76. The van der Waals surface area contributed by atoms with E-state index in [1.807, 2.05) is 0 Å². The average molecular weight is 262 g/mol. The van der Waals surface area contributed by atoms with Crippen LogP contribution in [0.2, 0.25) is 0 Å². The fourth-order valence-corrected chi connectivity index (χ4v) is 1.74. The molecule has 0 radical (unpaired) electrons. The molecule has 1 saturated heterocycles. The van der Waals surface area contributed by atoms with Gasteiger partial charge in [0.05, 0.1) is 0 Å². The van der Waals surface area contributed by atoms with Crippen molar-refractivity contribution in [2.45, 2.75) is 45.4 Å². The van der Waals surface area contributed by atoms with Crippen LogP contribution in [0.4, 0.5) is 0 Å². The molecule has 0 aromatic rings. The van der Waals surface area contributed by atoms with Crippen LogP contribution >= 0.6 is 0 Å². The van der Waals surface area contributed by atoms with Gasteiger partial charge in [0, 0.05) is 19.8 Å². The summed E-state index contributed by atoms with van der Waals surface area (Å²) in [5.74, 6) is -1.72. The van der Waals surface area contributed by atoms with E-state index in [1.54, 1.807) is 6.92 Å². The normalized spacial score (nSPS) is 35.9. The summed E-state index contributed by atoms with van der Waals surface area (Å²) in [6, 6.07) is 0. The zero-order chi connectivity index (χ0) is 13.9. The van der Waals surface area contributed by atoms with Crippen molar-refractivity contribution >= 4 is 11.9 Å². The number of aliphatic hydroxyl groups is 2. The van der Waals surface area contributed by atoms with Crippen molar-refractivity contribution in [3.05, 3.63) is 0 Å². The maximum absolute atomic E-state index is 11.0. The first-order chi connectivity index (χ1) is 8.32. The Morgan fingerprint density at radius 1 is 1.22 bits per heavy atom. The van der Waals surface area contributed by atoms with Crippen molar-refractivity contribution in [2.75, 3.05) is 6.61 Å². The maximum Gasteiger partial charge on any atom is 0.303 e. The fourth-order valence-electron chi connectivity index (χ4n) is 1.74. The number of esters is 2. The van der Waals surface area contributed by atoms with Crippen molar-refractivity contribution < 1.29 is 34.0 Å². The summed E-state index contributed by atoms with van der Waals surface area (Å²) < 4.78 is 14.9. The van der Waals surface area contributed by atoms with Gasteiger partial charge in [-0.05, 0) is 0 Å². The smallest absolute Gasteiger partial charge is 0.303 e. The topological polar surface area (TPSA) is 102 Å². The van der Waals surface area contributed by atoms with E-state index in [4.69, 9.17) is 14.2 Å². The number of ether oxygens (including phenoxy) is 3. The molecule has 0 aromatic heterocycles. The molecule has 1 heterocycles. The molecular formula is C11H18O7. The van der Waals surface area contributed by atoms with Crippen LogP contribution in [0.15, 0.2) is 0 Å². The van der Waals surface area contributed by atoms with Gasteiger partial charge in [0.2, 0.25) is 0 Å². The molecule has 1 rings (SSSR count). The first-order valence-corrected chi connectivity index (χ1v) is 5.65. The van der Waals surface area contributed by atoms with E-state index in [9.17, 15) is 19.8 Å². The van der Waals surface area contributed by atoms with Gasteiger partial charge in [0.1, 0.15) is 18.8 Å². The Hall–Kier alpha value is -1.18. The van der Waals surface area contributed by atoms with Crippen molar-refractivity contribution in [3.63, 3.8) is 0 Å². The molecule has 5 unspecified atom stereocenters. The lowest BCUT2D eigenvalue weighted by molar-refractivity contribution is -0.271. The average Bonchev–Trinajstić information content (AvgIpc) is 2.27. The minimum Gasteiger partial charge on any atom is -0.463 e. The van der Waals surface area contributed by atoms with Crippen LogP contribution in [0.3, 0.4) is 0 Å². The van der Waals surface area contributed by atoms with E-state index in [-0.39, 0.29) is 6.61 Å². The third-order valence-electron chi connectivity index (χ3n) is 2.76. The molecule has 0 saturated carbocycles. The Balaban J connectivity index is 2.75. The van der Waals surface area contributed by atoms with E-state index in [2.05, 4.69) is 0 Å². The molecule has 1 aliphatic heterocycles. The highest BCUT2D eigenvalue weighted by atomic mass is 16.7. The van der Waals surface area contributed by atoms with Gasteiger partial charge in [-0.15, -0.1) is 0 Å². The highest BCUT2D eigenvalue weighted by Crippen LogP contribution is 2.27. The van der Waals surface area contributed by atoms with Crippen molar-refractivity contribution in [3.8, 4) is 0 Å². The molecule has 7 nitrogen and oxygen atoms in total. The van der Waals surface area contributed by atoms with Gasteiger partial charge in [-0.25, -0.2) is 0 Å². The van der Waals surface area contributed by atoms with Gasteiger partial charge in [-0.3, -0.25) is 9.59 Å². The second-order valence-corrected chi connectivity index (χ2v) is 4.29. The summed E-state index contributed by atoms with van der Waals surface area (Å²) in [6.07, 6.45) is -4.15. The van der Waals surface area contributed by atoms with Gasteiger partial charge in [0.25, 0.3) is 0 Å². The van der Waals surface area contributed by atoms with E-state index < -0.39 is 42.5 Å². The highest BCUT2D eigenvalue weighted by molar-refractivity contribution is 5.66. The molecular weight excluding hydrogens is 244 g/mol. The minimum atomic E-state index is -1.20. The van der Waals surface area contributed by atoms with Crippen LogP contribution in [0, 0.1) is 5.92 Å². The number of aliphatic hydroxyl groups excluding tert-OH is 2. The molecule has 2 N–H and O–H groups in total. The van der Waals surface area contributed by atoms with Crippen LogP contribution in [0.1, 0.15) is 20.8 Å². The first-order valence-electron chi connectivity index (χ1n) is 5.65. The van der Waals surface area contributed by atoms with E-state index in [0.29, 0.717) is 0 Å². The third kappa shape index (κ3) is 3.66. The molecule has 0 bridgehead atoms. The van der Waals surface area contributed by atoms with Gasteiger partial charge in [-0.1, -0.05) is 6.92 Å². The number of rotatable bonds is 3. The van der Waals surface area contributed by atoms with E-state index >= 15 is 0 Å². The summed E-state index contributed by atoms with van der Waals surface area (Å²) in [7, 11) is 0. The van der Waals surface area contributed by atoms with Crippen LogP contribution in [0.5, 0.6) is 0 Å². The molecule has 0 aliphatic carbocycles. The number of hydrogen-bond donors (Lipinski definition) is 2. The molecule has 1 fully saturated rings. The maximum atomic E-state index is 11.0. The van der Waals surface area contributed by atoms with Crippen LogP contribution in [-0.2, 0) is 23.8 Å². The monoisotopic (exact) mass is 262 g/mol. The molecule has 5 atom stereocenters. The Labute approximate surface area is 105 Å². The predicted molar refractivity (Wildman–Crippen MR) is 58.2 cm³/mol. The van der Waals surface area contributed by atoms with E-state index in [1.165, 1.54) is 13.8 Å². The first kappa shape index (κ1) is 14.9. The largest absolute Gasteiger partial charge is 0.463 e. The quantitative estimate of drug-likeness (QED) is 0.641. The van der Waals surface area contributed by atoms with Gasteiger partial charge >= 0.3 is 11.9 Å². The van der Waals surface area contributed by atoms with Crippen LogP contribution in [0.25, 0.3) is 0 Å².